The van der Waals surface area contributed by atoms with Crippen LogP contribution in [-0.2, 0) is 11.3 Å². The van der Waals surface area contributed by atoms with E-state index in [1.54, 1.807) is 0 Å². The Labute approximate surface area is 119 Å². The molecule has 0 amide bonds. The van der Waals surface area contributed by atoms with Crippen molar-refractivity contribution in [2.75, 3.05) is 6.61 Å². The van der Waals surface area contributed by atoms with Gasteiger partial charge >= 0.3 is 0 Å². The molecule has 0 N–H and O–H groups in total. The Kier molecular flexibility index (Phi) is 3.59. The smallest absolute Gasteiger partial charge is 0.233 e. The summed E-state index contributed by atoms with van der Waals surface area (Å²) >= 11 is 0. The molecule has 0 radical (unpaired) electrons. The molecule has 0 saturated heterocycles. The van der Waals surface area contributed by atoms with Gasteiger partial charge in [-0.15, -0.1) is 0 Å². The van der Waals surface area contributed by atoms with Crippen molar-refractivity contribution in [3.05, 3.63) is 59.4 Å². The first-order chi connectivity index (χ1) is 9.76. The van der Waals surface area contributed by atoms with E-state index in [-0.39, 0.29) is 0 Å². The fourth-order valence-corrected chi connectivity index (χ4v) is 2.52. The van der Waals surface area contributed by atoms with Crippen molar-refractivity contribution in [2.45, 2.75) is 32.9 Å². The molecule has 0 unspecified atom stereocenters. The monoisotopic (exact) mass is 268 g/mol. The predicted molar refractivity (Wildman–Crippen MR) is 81.3 cm³/mol. The van der Waals surface area contributed by atoms with Gasteiger partial charge in [0.15, 0.2) is 0 Å². The molecule has 3 rings (SSSR count). The number of ether oxygens (including phenoxy) is 1. The van der Waals surface area contributed by atoms with Crippen LogP contribution in [0.25, 0.3) is 0 Å². The summed E-state index contributed by atoms with van der Waals surface area (Å²) in [6.07, 6.45) is 3.12. The summed E-state index contributed by atoms with van der Waals surface area (Å²) in [4.78, 5) is 4.64. The van der Waals surface area contributed by atoms with Gasteiger partial charge in [-0.25, -0.2) is 4.99 Å². The number of aromatic nitrogens is 1. The molecule has 2 aromatic rings. The van der Waals surface area contributed by atoms with Crippen LogP contribution < -0.4 is 0 Å². The van der Waals surface area contributed by atoms with E-state index in [2.05, 4.69) is 66.0 Å². The minimum absolute atomic E-state index is 0.312. The van der Waals surface area contributed by atoms with Gasteiger partial charge in [-0.05, 0) is 31.0 Å². The highest BCUT2D eigenvalue weighted by Gasteiger charge is 2.20. The Balaban J connectivity index is 1.84. The zero-order chi connectivity index (χ0) is 13.9. The normalized spacial score (nSPS) is 17.9. The van der Waals surface area contributed by atoms with E-state index in [1.165, 1.54) is 11.1 Å². The van der Waals surface area contributed by atoms with Gasteiger partial charge in [-0.1, -0.05) is 36.8 Å². The molecule has 104 valence electrons. The van der Waals surface area contributed by atoms with Gasteiger partial charge in [0.05, 0.1) is 6.04 Å². The van der Waals surface area contributed by atoms with Crippen LogP contribution in [0, 0.1) is 6.92 Å². The SMILES string of the molecule is CC[C@H]1COC(c2cccn2Cc2cccc(C)c2)=N1. The summed E-state index contributed by atoms with van der Waals surface area (Å²) in [7, 11) is 0. The third kappa shape index (κ3) is 2.62. The molecular weight excluding hydrogens is 248 g/mol. The summed E-state index contributed by atoms with van der Waals surface area (Å²) in [5, 5.41) is 0. The Morgan fingerprint density at radius 3 is 2.95 bits per heavy atom. The van der Waals surface area contributed by atoms with Crippen LogP contribution in [0.2, 0.25) is 0 Å². The Hall–Kier alpha value is -2.03. The van der Waals surface area contributed by atoms with Crippen LogP contribution in [-0.4, -0.2) is 23.1 Å². The van der Waals surface area contributed by atoms with E-state index >= 15 is 0 Å². The molecule has 1 aliphatic rings. The second-order valence-electron chi connectivity index (χ2n) is 5.32. The first kappa shape index (κ1) is 13.0. The third-order valence-corrected chi connectivity index (χ3v) is 3.67. The molecule has 1 aromatic heterocycles. The van der Waals surface area contributed by atoms with Gasteiger partial charge < -0.3 is 9.30 Å². The average molecular weight is 268 g/mol. The summed E-state index contributed by atoms with van der Waals surface area (Å²) in [5.74, 6) is 0.787. The van der Waals surface area contributed by atoms with Crippen molar-refractivity contribution in [1.82, 2.24) is 4.57 Å². The fraction of sp³-hybridized carbons (Fsp3) is 0.353. The molecule has 0 saturated carbocycles. The van der Waals surface area contributed by atoms with Crippen LogP contribution in [0.4, 0.5) is 0 Å². The largest absolute Gasteiger partial charge is 0.474 e. The van der Waals surface area contributed by atoms with Gasteiger partial charge in [0.1, 0.15) is 12.3 Å². The van der Waals surface area contributed by atoms with Gasteiger partial charge in [0.25, 0.3) is 0 Å². The van der Waals surface area contributed by atoms with Crippen LogP contribution in [0.1, 0.15) is 30.2 Å². The summed E-state index contributed by atoms with van der Waals surface area (Å²) in [6, 6.07) is 13.0. The number of hydrogen-bond acceptors (Lipinski definition) is 2. The molecule has 0 aliphatic carbocycles. The minimum Gasteiger partial charge on any atom is -0.474 e. The van der Waals surface area contributed by atoms with Crippen LogP contribution >= 0.6 is 0 Å². The van der Waals surface area contributed by atoms with Gasteiger partial charge in [-0.3, -0.25) is 0 Å². The molecule has 0 spiro atoms. The topological polar surface area (TPSA) is 26.5 Å². The number of benzene rings is 1. The lowest BCUT2D eigenvalue weighted by molar-refractivity contribution is 0.313. The van der Waals surface area contributed by atoms with Crippen molar-refractivity contribution in [3.8, 4) is 0 Å². The quantitative estimate of drug-likeness (QED) is 0.834. The van der Waals surface area contributed by atoms with E-state index in [4.69, 9.17) is 4.74 Å². The lowest BCUT2D eigenvalue weighted by Crippen LogP contribution is -2.10. The number of nitrogens with zero attached hydrogens (tertiary/aromatic N) is 2. The minimum atomic E-state index is 0.312. The molecule has 1 aromatic carbocycles. The molecule has 2 heterocycles. The van der Waals surface area contributed by atoms with Crippen LogP contribution in [0.5, 0.6) is 0 Å². The highest BCUT2D eigenvalue weighted by atomic mass is 16.5. The highest BCUT2D eigenvalue weighted by Crippen LogP contribution is 2.16. The van der Waals surface area contributed by atoms with E-state index in [0.29, 0.717) is 12.6 Å². The third-order valence-electron chi connectivity index (χ3n) is 3.67. The Bertz CT molecular complexity index is 627. The van der Waals surface area contributed by atoms with Crippen molar-refractivity contribution in [3.63, 3.8) is 0 Å². The van der Waals surface area contributed by atoms with Gasteiger partial charge in [0.2, 0.25) is 5.90 Å². The molecule has 0 bridgehead atoms. The van der Waals surface area contributed by atoms with Gasteiger partial charge in [-0.2, -0.15) is 0 Å². The Morgan fingerprint density at radius 2 is 2.20 bits per heavy atom. The van der Waals surface area contributed by atoms with E-state index in [9.17, 15) is 0 Å². The number of aryl methyl sites for hydroxylation is 1. The molecular formula is C17H20N2O. The molecule has 20 heavy (non-hydrogen) atoms. The Morgan fingerprint density at radius 1 is 1.30 bits per heavy atom. The van der Waals surface area contributed by atoms with Crippen molar-refractivity contribution < 1.29 is 4.74 Å². The maximum Gasteiger partial charge on any atom is 0.233 e. The predicted octanol–water partition coefficient (Wildman–Crippen LogP) is 3.40. The second-order valence-corrected chi connectivity index (χ2v) is 5.32. The van der Waals surface area contributed by atoms with Crippen LogP contribution in [0.3, 0.4) is 0 Å². The molecule has 1 aliphatic heterocycles. The molecule has 3 nitrogen and oxygen atoms in total. The summed E-state index contributed by atoms with van der Waals surface area (Å²) in [6.45, 7) is 5.83. The standard InChI is InChI=1S/C17H20N2O/c1-3-15-12-20-17(18-15)16-8-5-9-19(16)11-14-7-4-6-13(2)10-14/h4-10,15H,3,11-12H2,1-2H3/t15-/m0/s1. The van der Waals surface area contributed by atoms with Crippen molar-refractivity contribution >= 4 is 5.90 Å². The lowest BCUT2D eigenvalue weighted by atomic mass is 10.1. The number of aliphatic imine (C=N–C) groups is 1. The number of hydrogen-bond donors (Lipinski definition) is 0. The fourth-order valence-electron chi connectivity index (χ4n) is 2.52. The second kappa shape index (κ2) is 5.53. The zero-order valence-electron chi connectivity index (χ0n) is 12.0. The molecule has 1 atom stereocenters. The summed E-state index contributed by atoms with van der Waals surface area (Å²) in [5.41, 5.74) is 3.66. The van der Waals surface area contributed by atoms with E-state index in [0.717, 1.165) is 24.6 Å². The first-order valence-corrected chi connectivity index (χ1v) is 7.18. The molecule has 3 heteroatoms. The molecule has 0 fully saturated rings. The first-order valence-electron chi connectivity index (χ1n) is 7.18. The van der Waals surface area contributed by atoms with Gasteiger partial charge in [0, 0.05) is 12.7 Å². The van der Waals surface area contributed by atoms with Crippen molar-refractivity contribution in [1.29, 1.82) is 0 Å². The summed E-state index contributed by atoms with van der Waals surface area (Å²) < 4.78 is 7.93. The lowest BCUT2D eigenvalue weighted by Gasteiger charge is -2.09. The van der Waals surface area contributed by atoms with E-state index < -0.39 is 0 Å². The average Bonchev–Trinajstić information content (AvgIpc) is 3.06. The van der Waals surface area contributed by atoms with Crippen LogP contribution in [0.15, 0.2) is 47.6 Å². The highest BCUT2D eigenvalue weighted by molar-refractivity contribution is 5.93. The zero-order valence-corrected chi connectivity index (χ0v) is 12.0. The number of rotatable bonds is 4. The van der Waals surface area contributed by atoms with Crippen molar-refractivity contribution in [2.24, 2.45) is 4.99 Å². The van der Waals surface area contributed by atoms with E-state index in [1.807, 2.05) is 0 Å². The maximum absolute atomic E-state index is 5.73. The maximum atomic E-state index is 5.73.